The number of halogens is 1. The molecule has 1 unspecified atom stereocenters. The summed E-state index contributed by atoms with van der Waals surface area (Å²) in [5.41, 5.74) is 1.27. The fourth-order valence-corrected chi connectivity index (χ4v) is 2.25. The number of aryl methyl sites for hydroxylation is 1. The van der Waals surface area contributed by atoms with Gasteiger partial charge in [-0.15, -0.1) is 0 Å². The Labute approximate surface area is 118 Å². The smallest absolute Gasteiger partial charge is 0.193 e. The molecule has 0 radical (unpaired) electrons. The van der Waals surface area contributed by atoms with E-state index < -0.39 is 0 Å². The highest BCUT2D eigenvalue weighted by Crippen LogP contribution is 2.21. The predicted molar refractivity (Wildman–Crippen MR) is 77.2 cm³/mol. The van der Waals surface area contributed by atoms with Gasteiger partial charge in [0.2, 0.25) is 0 Å². The van der Waals surface area contributed by atoms with Crippen molar-refractivity contribution >= 4 is 5.78 Å². The van der Waals surface area contributed by atoms with Crippen molar-refractivity contribution in [3.05, 3.63) is 59.7 Å². The molecule has 0 fully saturated rings. The topological polar surface area (TPSA) is 25.2 Å². The number of Topliss-reactive ketones (excluding diaryl/α,β-unsaturated/α-hetero) is 1. The zero-order valence-electron chi connectivity index (χ0n) is 12.0. The zero-order valence-corrected chi connectivity index (χ0v) is 12.0. The highest BCUT2D eigenvalue weighted by molar-refractivity contribution is 5.96. The minimum Gasteiger partial charge on any atom is -0.348 e. The first-order valence-electron chi connectivity index (χ1n) is 6.60. The minimum absolute atomic E-state index is 0.0307. The van der Waals surface area contributed by atoms with E-state index in [-0.39, 0.29) is 24.2 Å². The predicted octanol–water partition coefficient (Wildman–Crippen LogP) is 3.04. The van der Waals surface area contributed by atoms with Crippen LogP contribution in [0.4, 0.5) is 4.39 Å². The second kappa shape index (κ2) is 6.01. The highest BCUT2D eigenvalue weighted by atomic mass is 19.1. The van der Waals surface area contributed by atoms with Crippen LogP contribution in [-0.2, 0) is 7.05 Å². The number of nitrogens with zero attached hydrogens (tertiary/aromatic N) is 2. The summed E-state index contributed by atoms with van der Waals surface area (Å²) in [6.45, 7) is 2.16. The summed E-state index contributed by atoms with van der Waals surface area (Å²) in [6, 6.07) is 10.2. The van der Waals surface area contributed by atoms with Gasteiger partial charge in [0.15, 0.2) is 5.78 Å². The van der Waals surface area contributed by atoms with E-state index in [2.05, 4.69) is 0 Å². The first kappa shape index (κ1) is 14.5. The molecule has 0 spiro atoms. The summed E-state index contributed by atoms with van der Waals surface area (Å²) in [6.07, 6.45) is 1.84. The second-order valence-electron chi connectivity index (χ2n) is 5.04. The minimum atomic E-state index is -0.238. The van der Waals surface area contributed by atoms with Crippen molar-refractivity contribution in [1.82, 2.24) is 9.47 Å². The average molecular weight is 274 g/mol. The normalized spacial score (nSPS) is 12.7. The van der Waals surface area contributed by atoms with Crippen LogP contribution >= 0.6 is 0 Å². The molecule has 2 aromatic rings. The lowest BCUT2D eigenvalue weighted by atomic mass is 10.1. The molecule has 0 saturated carbocycles. The van der Waals surface area contributed by atoms with Crippen LogP contribution in [0.1, 0.15) is 29.0 Å². The van der Waals surface area contributed by atoms with Gasteiger partial charge in [-0.1, -0.05) is 18.2 Å². The molecule has 2 rings (SSSR count). The van der Waals surface area contributed by atoms with E-state index in [1.54, 1.807) is 22.8 Å². The Morgan fingerprint density at radius 1 is 1.30 bits per heavy atom. The number of hydrogen-bond donors (Lipinski definition) is 0. The van der Waals surface area contributed by atoms with E-state index in [9.17, 15) is 9.18 Å². The second-order valence-corrected chi connectivity index (χ2v) is 5.04. The molecule has 20 heavy (non-hydrogen) atoms. The summed E-state index contributed by atoms with van der Waals surface area (Å²) in [5, 5.41) is 0. The summed E-state index contributed by atoms with van der Waals surface area (Å²) < 4.78 is 15.6. The molecule has 4 heteroatoms. The Morgan fingerprint density at radius 3 is 2.60 bits per heavy atom. The third kappa shape index (κ3) is 2.96. The Bertz CT molecular complexity index is 606. The van der Waals surface area contributed by atoms with Crippen molar-refractivity contribution < 1.29 is 9.18 Å². The van der Waals surface area contributed by atoms with E-state index in [1.165, 1.54) is 6.07 Å². The van der Waals surface area contributed by atoms with Crippen molar-refractivity contribution in [3.63, 3.8) is 0 Å². The van der Waals surface area contributed by atoms with E-state index in [0.717, 1.165) is 0 Å². The summed E-state index contributed by atoms with van der Waals surface area (Å²) in [5.74, 6) is -0.207. The molecular weight excluding hydrogens is 255 g/mol. The van der Waals surface area contributed by atoms with E-state index in [4.69, 9.17) is 0 Å². The standard InChI is InChI=1S/C16H19FN2O/c1-12(13-7-4-5-8-14(13)17)19(3)11-16(20)15-9-6-10-18(15)2/h4-10,12H,11H2,1-3H3. The maximum Gasteiger partial charge on any atom is 0.193 e. The molecule has 0 aliphatic carbocycles. The van der Waals surface area contributed by atoms with Crippen LogP contribution < -0.4 is 0 Å². The quantitative estimate of drug-likeness (QED) is 0.783. The molecule has 1 aromatic heterocycles. The molecule has 106 valence electrons. The molecular formula is C16H19FN2O. The molecule has 3 nitrogen and oxygen atoms in total. The van der Waals surface area contributed by atoms with Gasteiger partial charge >= 0.3 is 0 Å². The van der Waals surface area contributed by atoms with Crippen molar-refractivity contribution in [3.8, 4) is 0 Å². The molecule has 1 atom stereocenters. The van der Waals surface area contributed by atoms with Gasteiger partial charge in [0.05, 0.1) is 12.2 Å². The van der Waals surface area contributed by atoms with Gasteiger partial charge in [0, 0.05) is 24.8 Å². The number of carbonyl (C=O) groups is 1. The van der Waals surface area contributed by atoms with Crippen molar-refractivity contribution in [2.75, 3.05) is 13.6 Å². The van der Waals surface area contributed by atoms with Crippen molar-refractivity contribution in [1.29, 1.82) is 0 Å². The maximum atomic E-state index is 13.8. The first-order chi connectivity index (χ1) is 9.50. The number of hydrogen-bond acceptors (Lipinski definition) is 2. The van der Waals surface area contributed by atoms with E-state index in [1.807, 2.05) is 44.2 Å². The lowest BCUT2D eigenvalue weighted by molar-refractivity contribution is 0.0915. The zero-order chi connectivity index (χ0) is 14.7. The van der Waals surface area contributed by atoms with Crippen LogP contribution in [-0.4, -0.2) is 28.8 Å². The molecule has 0 aliphatic rings. The number of benzene rings is 1. The third-order valence-electron chi connectivity index (χ3n) is 3.64. The fourth-order valence-electron chi connectivity index (χ4n) is 2.25. The highest BCUT2D eigenvalue weighted by Gasteiger charge is 2.19. The van der Waals surface area contributed by atoms with Gasteiger partial charge in [-0.05, 0) is 32.2 Å². The van der Waals surface area contributed by atoms with Gasteiger partial charge in [-0.2, -0.15) is 0 Å². The largest absolute Gasteiger partial charge is 0.348 e. The molecule has 0 saturated heterocycles. The van der Waals surface area contributed by atoms with Gasteiger partial charge in [0.1, 0.15) is 5.82 Å². The molecule has 0 aliphatic heterocycles. The fraction of sp³-hybridized carbons (Fsp3) is 0.312. The summed E-state index contributed by atoms with van der Waals surface area (Å²) in [4.78, 5) is 14.1. The molecule has 0 amide bonds. The third-order valence-corrected chi connectivity index (χ3v) is 3.64. The number of carbonyl (C=O) groups excluding carboxylic acids is 1. The van der Waals surface area contributed by atoms with Crippen LogP contribution in [0.2, 0.25) is 0 Å². The van der Waals surface area contributed by atoms with E-state index in [0.29, 0.717) is 11.3 Å². The van der Waals surface area contributed by atoms with Crippen LogP contribution in [0.3, 0.4) is 0 Å². The van der Waals surface area contributed by atoms with Crippen LogP contribution in [0.5, 0.6) is 0 Å². The molecule has 0 N–H and O–H groups in total. The lowest BCUT2D eigenvalue weighted by Gasteiger charge is -2.24. The summed E-state index contributed by atoms with van der Waals surface area (Å²) >= 11 is 0. The van der Waals surface area contributed by atoms with Gasteiger partial charge in [-0.3, -0.25) is 9.69 Å². The van der Waals surface area contributed by atoms with Gasteiger partial charge in [0.25, 0.3) is 0 Å². The SMILES string of the molecule is CC(c1ccccc1F)N(C)CC(=O)c1cccn1C. The van der Waals surface area contributed by atoms with Crippen molar-refractivity contribution in [2.45, 2.75) is 13.0 Å². The van der Waals surface area contributed by atoms with Gasteiger partial charge < -0.3 is 4.57 Å². The maximum absolute atomic E-state index is 13.8. The average Bonchev–Trinajstić information content (AvgIpc) is 2.84. The number of likely N-dealkylation sites (N-methyl/N-ethyl adjacent to an activating group) is 1. The van der Waals surface area contributed by atoms with Crippen LogP contribution in [0, 0.1) is 5.82 Å². The first-order valence-corrected chi connectivity index (χ1v) is 6.60. The molecule has 1 aromatic carbocycles. The Balaban J connectivity index is 2.09. The molecule has 0 bridgehead atoms. The Morgan fingerprint density at radius 2 is 2.00 bits per heavy atom. The Hall–Kier alpha value is -1.94. The van der Waals surface area contributed by atoms with Crippen LogP contribution in [0.15, 0.2) is 42.6 Å². The monoisotopic (exact) mass is 274 g/mol. The lowest BCUT2D eigenvalue weighted by Crippen LogP contribution is -2.30. The van der Waals surface area contributed by atoms with Crippen LogP contribution in [0.25, 0.3) is 0 Å². The number of rotatable bonds is 5. The van der Waals surface area contributed by atoms with E-state index >= 15 is 0 Å². The Kier molecular flexibility index (Phi) is 4.35. The number of aromatic nitrogens is 1. The van der Waals surface area contributed by atoms with Gasteiger partial charge in [-0.25, -0.2) is 4.39 Å². The molecule has 1 heterocycles. The summed E-state index contributed by atoms with van der Waals surface area (Å²) in [7, 11) is 3.67. The van der Waals surface area contributed by atoms with Crippen molar-refractivity contribution in [2.24, 2.45) is 7.05 Å². The number of ketones is 1.